The van der Waals surface area contributed by atoms with Crippen LogP contribution in [0.25, 0.3) is 6.08 Å². The summed E-state index contributed by atoms with van der Waals surface area (Å²) in [5.74, 6) is 0.247. The molecule has 1 aromatic rings. The van der Waals surface area contributed by atoms with Crippen molar-refractivity contribution in [1.82, 2.24) is 0 Å². The van der Waals surface area contributed by atoms with Gasteiger partial charge in [0.15, 0.2) is 5.78 Å². The van der Waals surface area contributed by atoms with Crippen molar-refractivity contribution in [2.24, 2.45) is 0 Å². The molecule has 0 unspecified atom stereocenters. The first kappa shape index (κ1) is 17.7. The summed E-state index contributed by atoms with van der Waals surface area (Å²) in [5.41, 5.74) is 3.44. The van der Waals surface area contributed by atoms with Crippen molar-refractivity contribution in [3.05, 3.63) is 53.6 Å². The lowest BCUT2D eigenvalue weighted by Gasteiger charge is -2.27. The van der Waals surface area contributed by atoms with Gasteiger partial charge >= 0.3 is 0 Å². The molecule has 0 aliphatic carbocycles. The minimum Gasteiger partial charge on any atom is -0.367 e. The highest BCUT2D eigenvalue weighted by Crippen LogP contribution is 2.34. The maximum Gasteiger partial charge on any atom is 0.161 e. The van der Waals surface area contributed by atoms with Crippen LogP contribution in [0.5, 0.6) is 0 Å². The zero-order valence-corrected chi connectivity index (χ0v) is 14.4. The SMILES string of the molecule is C=C(/C=C\c1ccccc1C)CCC[C@@]1(CCC)CC(=O)CO1. The molecule has 1 atom stereocenters. The van der Waals surface area contributed by atoms with E-state index >= 15 is 0 Å². The smallest absolute Gasteiger partial charge is 0.161 e. The predicted molar refractivity (Wildman–Crippen MR) is 96.4 cm³/mol. The number of allylic oxidation sites excluding steroid dienone is 2. The van der Waals surface area contributed by atoms with Gasteiger partial charge in [0.2, 0.25) is 0 Å². The second-order valence-corrected chi connectivity index (χ2v) is 6.64. The third-order valence-electron chi connectivity index (χ3n) is 4.58. The zero-order chi connectivity index (χ0) is 16.7. The molecule has 1 aliphatic rings. The fourth-order valence-corrected chi connectivity index (χ4v) is 3.30. The van der Waals surface area contributed by atoms with Crippen LogP contribution in [0.1, 0.15) is 56.6 Å². The van der Waals surface area contributed by atoms with Gasteiger partial charge in [0.1, 0.15) is 6.61 Å². The number of benzene rings is 1. The summed E-state index contributed by atoms with van der Waals surface area (Å²) >= 11 is 0. The monoisotopic (exact) mass is 312 g/mol. The molecule has 0 saturated carbocycles. The molecule has 23 heavy (non-hydrogen) atoms. The lowest BCUT2D eigenvalue weighted by Crippen LogP contribution is -2.27. The maximum absolute atomic E-state index is 11.6. The second kappa shape index (κ2) is 8.26. The van der Waals surface area contributed by atoms with Gasteiger partial charge in [-0.05, 0) is 43.7 Å². The molecule has 0 radical (unpaired) electrons. The first-order valence-corrected chi connectivity index (χ1v) is 8.62. The summed E-state index contributed by atoms with van der Waals surface area (Å²) in [7, 11) is 0. The van der Waals surface area contributed by atoms with Crippen molar-refractivity contribution < 1.29 is 9.53 Å². The molecule has 124 valence electrons. The van der Waals surface area contributed by atoms with Crippen LogP contribution in [0, 0.1) is 6.92 Å². The van der Waals surface area contributed by atoms with Crippen molar-refractivity contribution in [1.29, 1.82) is 0 Å². The molecule has 0 amide bonds. The first-order valence-electron chi connectivity index (χ1n) is 8.62. The van der Waals surface area contributed by atoms with E-state index in [4.69, 9.17) is 4.74 Å². The van der Waals surface area contributed by atoms with Crippen LogP contribution in [0.2, 0.25) is 0 Å². The van der Waals surface area contributed by atoms with E-state index in [2.05, 4.69) is 56.8 Å². The Morgan fingerprint density at radius 2 is 2.13 bits per heavy atom. The highest BCUT2D eigenvalue weighted by molar-refractivity contribution is 5.82. The van der Waals surface area contributed by atoms with E-state index in [0.717, 1.165) is 37.7 Å². The van der Waals surface area contributed by atoms with Crippen LogP contribution in [0.15, 0.2) is 42.5 Å². The normalized spacial score (nSPS) is 21.2. The molecule has 0 bridgehead atoms. The average molecular weight is 312 g/mol. The number of ketones is 1. The summed E-state index contributed by atoms with van der Waals surface area (Å²) in [6.45, 7) is 8.72. The number of carbonyl (C=O) groups excluding carboxylic acids is 1. The lowest BCUT2D eigenvalue weighted by atomic mass is 9.88. The van der Waals surface area contributed by atoms with Gasteiger partial charge < -0.3 is 4.74 Å². The molecule has 2 heteroatoms. The molecule has 2 rings (SSSR count). The maximum atomic E-state index is 11.6. The van der Waals surface area contributed by atoms with Crippen molar-refractivity contribution >= 4 is 11.9 Å². The number of hydrogen-bond acceptors (Lipinski definition) is 2. The third kappa shape index (κ3) is 5.18. The molecular formula is C21H28O2. The van der Waals surface area contributed by atoms with Crippen molar-refractivity contribution in [2.75, 3.05) is 6.61 Å². The number of hydrogen-bond donors (Lipinski definition) is 0. The van der Waals surface area contributed by atoms with Crippen LogP contribution in [-0.2, 0) is 9.53 Å². The highest BCUT2D eigenvalue weighted by Gasteiger charge is 2.38. The van der Waals surface area contributed by atoms with Crippen molar-refractivity contribution in [2.45, 2.75) is 58.0 Å². The van der Waals surface area contributed by atoms with E-state index in [1.165, 1.54) is 11.1 Å². The van der Waals surface area contributed by atoms with E-state index < -0.39 is 0 Å². The molecule has 0 aromatic heterocycles. The summed E-state index contributed by atoms with van der Waals surface area (Å²) in [6.07, 6.45) is 9.78. The van der Waals surface area contributed by atoms with Gasteiger partial charge in [0.05, 0.1) is 5.60 Å². The molecule has 1 heterocycles. The standard InChI is InChI=1S/C21H28O2/c1-4-13-21(15-20(22)16-23-21)14-7-8-17(2)11-12-19-10-6-5-9-18(19)3/h5-6,9-12H,2,4,7-8,13-16H2,1,3H3/b12-11-/t21-/m0/s1. The lowest BCUT2D eigenvalue weighted by molar-refractivity contribution is -0.117. The molecule has 2 nitrogen and oxygen atoms in total. The Kier molecular flexibility index (Phi) is 6.35. The average Bonchev–Trinajstić information content (AvgIpc) is 2.88. The highest BCUT2D eigenvalue weighted by atomic mass is 16.5. The van der Waals surface area contributed by atoms with Crippen LogP contribution >= 0.6 is 0 Å². The van der Waals surface area contributed by atoms with Gasteiger partial charge in [-0.2, -0.15) is 0 Å². The zero-order valence-electron chi connectivity index (χ0n) is 14.4. The van der Waals surface area contributed by atoms with Crippen molar-refractivity contribution in [3.63, 3.8) is 0 Å². The molecular weight excluding hydrogens is 284 g/mol. The fourth-order valence-electron chi connectivity index (χ4n) is 3.30. The third-order valence-corrected chi connectivity index (χ3v) is 4.58. The number of aryl methyl sites for hydroxylation is 1. The minimum absolute atomic E-state index is 0.203. The summed E-state index contributed by atoms with van der Waals surface area (Å²) in [4.78, 5) is 11.6. The van der Waals surface area contributed by atoms with Crippen molar-refractivity contribution in [3.8, 4) is 0 Å². The fraction of sp³-hybridized carbons (Fsp3) is 0.476. The topological polar surface area (TPSA) is 26.3 Å². The molecule has 1 aliphatic heterocycles. The minimum atomic E-state index is -0.203. The Morgan fingerprint density at radius 1 is 1.35 bits per heavy atom. The number of Topliss-reactive ketones (excluding diaryl/α,β-unsaturated/α-hetero) is 1. The Labute approximate surface area is 140 Å². The Hall–Kier alpha value is -1.67. The summed E-state index contributed by atoms with van der Waals surface area (Å²) in [5, 5.41) is 0. The largest absolute Gasteiger partial charge is 0.367 e. The van der Waals surface area contributed by atoms with Gasteiger partial charge in [0.25, 0.3) is 0 Å². The van der Waals surface area contributed by atoms with Gasteiger partial charge in [-0.1, -0.05) is 61.9 Å². The van der Waals surface area contributed by atoms with Gasteiger partial charge in [-0.25, -0.2) is 0 Å². The van der Waals surface area contributed by atoms with E-state index in [1.807, 2.05) is 0 Å². The van der Waals surface area contributed by atoms with E-state index in [1.54, 1.807) is 0 Å². The Bertz CT molecular complexity index is 585. The van der Waals surface area contributed by atoms with Crippen LogP contribution in [0.3, 0.4) is 0 Å². The van der Waals surface area contributed by atoms with Gasteiger partial charge in [-0.15, -0.1) is 0 Å². The number of carbonyl (C=O) groups is 1. The molecule has 1 aromatic carbocycles. The van der Waals surface area contributed by atoms with Gasteiger partial charge in [-0.3, -0.25) is 4.79 Å². The van der Waals surface area contributed by atoms with Crippen LogP contribution in [0.4, 0.5) is 0 Å². The quantitative estimate of drug-likeness (QED) is 0.612. The van der Waals surface area contributed by atoms with Crippen LogP contribution in [-0.4, -0.2) is 18.0 Å². The second-order valence-electron chi connectivity index (χ2n) is 6.64. The Balaban J connectivity index is 1.82. The summed E-state index contributed by atoms with van der Waals surface area (Å²) in [6, 6.07) is 8.34. The summed E-state index contributed by atoms with van der Waals surface area (Å²) < 4.78 is 5.82. The van der Waals surface area contributed by atoms with E-state index in [9.17, 15) is 4.79 Å². The first-order chi connectivity index (χ1) is 11.0. The van der Waals surface area contributed by atoms with Gasteiger partial charge in [0, 0.05) is 6.42 Å². The molecule has 1 saturated heterocycles. The molecule has 0 spiro atoms. The van der Waals surface area contributed by atoms with E-state index in [0.29, 0.717) is 13.0 Å². The Morgan fingerprint density at radius 3 is 2.78 bits per heavy atom. The van der Waals surface area contributed by atoms with E-state index in [-0.39, 0.29) is 11.4 Å². The predicted octanol–water partition coefficient (Wildman–Crippen LogP) is 5.26. The van der Waals surface area contributed by atoms with Crippen LogP contribution < -0.4 is 0 Å². The number of ether oxygens (including phenoxy) is 1. The number of rotatable bonds is 8. The molecule has 1 fully saturated rings. The molecule has 0 N–H and O–H groups in total.